The van der Waals surface area contributed by atoms with Crippen LogP contribution in [0.5, 0.6) is 0 Å². The van der Waals surface area contributed by atoms with Crippen LogP contribution in [0.1, 0.15) is 129 Å². The number of hydrogen-bond donors (Lipinski definition) is 12. The summed E-state index contributed by atoms with van der Waals surface area (Å²) in [6.45, 7) is 1.57. The van der Waals surface area contributed by atoms with Gasteiger partial charge in [0.25, 0.3) is 0 Å². The molecule has 0 aromatic heterocycles. The zero-order valence-corrected chi connectivity index (χ0v) is 38.5. The second kappa shape index (κ2) is 32.2. The van der Waals surface area contributed by atoms with Gasteiger partial charge in [-0.25, -0.2) is 0 Å². The first-order valence-corrected chi connectivity index (χ1v) is 24.1. The van der Waals surface area contributed by atoms with E-state index in [1.807, 2.05) is 0 Å². The Kier molecular flexibility index (Phi) is 28.5. The van der Waals surface area contributed by atoms with Crippen LogP contribution in [0.15, 0.2) is 24.3 Å². The van der Waals surface area contributed by atoms with E-state index in [4.69, 9.17) is 28.4 Å². The molecule has 0 radical (unpaired) electrons. The molecule has 0 aromatic rings. The van der Waals surface area contributed by atoms with Crippen LogP contribution in [-0.4, -0.2) is 193 Å². The van der Waals surface area contributed by atoms with Crippen molar-refractivity contribution in [3.05, 3.63) is 24.3 Å². The number of unbranched alkanes of at least 4 members (excludes halogenated alkanes) is 12. The van der Waals surface area contributed by atoms with Gasteiger partial charge in [-0.2, -0.15) is 0 Å². The van der Waals surface area contributed by atoms with Crippen molar-refractivity contribution in [3.63, 3.8) is 0 Å². The molecule has 3 aliphatic rings. The molecule has 3 heterocycles. The Labute approximate surface area is 384 Å². The normalized spacial score (nSPS) is 34.3. The third-order valence-electron chi connectivity index (χ3n) is 12.3. The van der Waals surface area contributed by atoms with Crippen molar-refractivity contribution < 1.29 is 89.4 Å². The maximum atomic E-state index is 13.1. The molecule has 1 amide bonds. The third-order valence-corrected chi connectivity index (χ3v) is 12.3. The molecule has 12 N–H and O–H groups in total. The monoisotopic (exact) mass is 938 g/mol. The highest BCUT2D eigenvalue weighted by Gasteiger charge is 2.53. The van der Waals surface area contributed by atoms with Gasteiger partial charge >= 0.3 is 0 Å². The highest BCUT2D eigenvalue weighted by Crippen LogP contribution is 2.33. The lowest BCUT2D eigenvalue weighted by molar-refractivity contribution is -0.379. The SMILES string of the molecule is CCCCCC/C=C\C/C=C\CCCCCCCC(=O)NC(COC1OC(CO)C(OC2OC(CO)C(OC3OC(CO)C(O)C(O)C3O)C(O)C2O)C(O)C1O)C(O)CCCCCC. The summed E-state index contributed by atoms with van der Waals surface area (Å²) in [6.07, 6.45) is -0.472. The smallest absolute Gasteiger partial charge is 0.220 e. The van der Waals surface area contributed by atoms with Crippen molar-refractivity contribution >= 4 is 5.91 Å². The Balaban J connectivity index is 1.50. The van der Waals surface area contributed by atoms with Crippen molar-refractivity contribution in [3.8, 4) is 0 Å². The molecule has 3 rings (SSSR count). The molecule has 0 aliphatic carbocycles. The molecule has 65 heavy (non-hydrogen) atoms. The first-order chi connectivity index (χ1) is 31.3. The molecule has 17 atom stereocenters. The molecular weight excluding hydrogens is 854 g/mol. The van der Waals surface area contributed by atoms with Gasteiger partial charge in [-0.05, 0) is 44.9 Å². The van der Waals surface area contributed by atoms with E-state index in [0.29, 0.717) is 19.3 Å². The Morgan fingerprint density at radius 3 is 1.57 bits per heavy atom. The number of ether oxygens (including phenoxy) is 6. The van der Waals surface area contributed by atoms with Crippen molar-refractivity contribution in [2.45, 2.75) is 234 Å². The first kappa shape index (κ1) is 57.6. The first-order valence-electron chi connectivity index (χ1n) is 24.1. The standard InChI is InChI=1S/C46H83NO18/c1-3-5-7-9-10-11-12-13-14-15-16-17-18-19-20-22-24-34(52)47-29(30(51)23-21-8-6-4-2)28-60-44-40(58)37(55)42(32(26-49)62-44)65-46-41(59)38(56)43(33(27-50)63-46)64-45-39(57)36(54)35(53)31(25-48)61-45/h11-12,14-15,29-33,35-46,48-51,53-59H,3-10,13,16-28H2,1-2H3,(H,47,52)/b12-11-,15-14-. The molecule has 3 saturated heterocycles. The summed E-state index contributed by atoms with van der Waals surface area (Å²) in [5, 5.41) is 119. The largest absolute Gasteiger partial charge is 0.394 e. The van der Waals surface area contributed by atoms with Crippen LogP contribution < -0.4 is 5.32 Å². The highest BCUT2D eigenvalue weighted by atomic mass is 16.8. The number of rotatable bonds is 32. The topological polar surface area (TPSA) is 307 Å². The minimum atomic E-state index is -1.97. The van der Waals surface area contributed by atoms with Crippen molar-refractivity contribution in [1.82, 2.24) is 5.32 Å². The van der Waals surface area contributed by atoms with Gasteiger partial charge in [-0.1, -0.05) is 102 Å². The molecule has 0 saturated carbocycles. The Hall–Kier alpha value is -1.73. The number of aliphatic hydroxyl groups excluding tert-OH is 11. The molecule has 380 valence electrons. The predicted octanol–water partition coefficient (Wildman–Crippen LogP) is 0.471. The fourth-order valence-electron chi connectivity index (χ4n) is 8.16. The molecular formula is C46H83NO18. The van der Waals surface area contributed by atoms with Gasteiger partial charge in [0.2, 0.25) is 5.91 Å². The van der Waals surface area contributed by atoms with Crippen molar-refractivity contribution in [1.29, 1.82) is 0 Å². The average Bonchev–Trinajstić information content (AvgIpc) is 3.30. The lowest BCUT2D eigenvalue weighted by atomic mass is 9.96. The fourth-order valence-corrected chi connectivity index (χ4v) is 8.16. The number of nitrogens with one attached hydrogen (secondary N) is 1. The van der Waals surface area contributed by atoms with E-state index in [0.717, 1.165) is 64.2 Å². The number of carbonyl (C=O) groups is 1. The van der Waals surface area contributed by atoms with Gasteiger partial charge in [-0.15, -0.1) is 0 Å². The van der Waals surface area contributed by atoms with Gasteiger partial charge in [-0.3, -0.25) is 4.79 Å². The van der Waals surface area contributed by atoms with E-state index in [-0.39, 0.29) is 18.9 Å². The number of carbonyl (C=O) groups excluding carboxylic acids is 1. The van der Waals surface area contributed by atoms with E-state index in [2.05, 4.69) is 43.5 Å². The minimum absolute atomic E-state index is 0.248. The summed E-state index contributed by atoms with van der Waals surface area (Å²) in [6, 6.07) is -0.887. The summed E-state index contributed by atoms with van der Waals surface area (Å²) in [4.78, 5) is 13.1. The molecule has 3 aliphatic heterocycles. The molecule has 19 heteroatoms. The van der Waals surface area contributed by atoms with Gasteiger partial charge in [0.15, 0.2) is 18.9 Å². The Morgan fingerprint density at radius 2 is 1.02 bits per heavy atom. The molecule has 19 nitrogen and oxygen atoms in total. The van der Waals surface area contributed by atoms with Crippen LogP contribution in [-0.2, 0) is 33.2 Å². The molecule has 0 spiro atoms. The molecule has 0 bridgehead atoms. The Bertz CT molecular complexity index is 1310. The van der Waals surface area contributed by atoms with Gasteiger partial charge in [0.1, 0.15) is 73.2 Å². The molecule has 0 aromatic carbocycles. The van der Waals surface area contributed by atoms with Crippen LogP contribution in [0.3, 0.4) is 0 Å². The lowest BCUT2D eigenvalue weighted by Gasteiger charge is -2.48. The minimum Gasteiger partial charge on any atom is -0.394 e. The van der Waals surface area contributed by atoms with Crippen LogP contribution in [0.2, 0.25) is 0 Å². The van der Waals surface area contributed by atoms with Gasteiger partial charge < -0.3 is 89.9 Å². The Morgan fingerprint density at radius 1 is 0.554 bits per heavy atom. The summed E-state index contributed by atoms with van der Waals surface area (Å²) >= 11 is 0. The van der Waals surface area contributed by atoms with Crippen molar-refractivity contribution in [2.75, 3.05) is 26.4 Å². The quantitative estimate of drug-likeness (QED) is 0.0322. The van der Waals surface area contributed by atoms with Crippen LogP contribution in [0, 0.1) is 0 Å². The molecule has 17 unspecified atom stereocenters. The van der Waals surface area contributed by atoms with Crippen LogP contribution in [0.4, 0.5) is 0 Å². The fraction of sp³-hybridized carbons (Fsp3) is 0.891. The zero-order chi connectivity index (χ0) is 47.7. The van der Waals surface area contributed by atoms with E-state index < -0.39 is 124 Å². The van der Waals surface area contributed by atoms with E-state index in [9.17, 15) is 61.0 Å². The van der Waals surface area contributed by atoms with Crippen molar-refractivity contribution in [2.24, 2.45) is 0 Å². The van der Waals surface area contributed by atoms with Crippen LogP contribution in [0.25, 0.3) is 0 Å². The van der Waals surface area contributed by atoms with E-state index in [1.165, 1.54) is 25.7 Å². The second-order valence-electron chi connectivity index (χ2n) is 17.6. The maximum absolute atomic E-state index is 13.1. The molecule has 3 fully saturated rings. The summed E-state index contributed by atoms with van der Waals surface area (Å²) in [5.74, 6) is -0.269. The lowest BCUT2D eigenvalue weighted by Crippen LogP contribution is -2.66. The summed E-state index contributed by atoms with van der Waals surface area (Å²) in [5.41, 5.74) is 0. The van der Waals surface area contributed by atoms with E-state index >= 15 is 0 Å². The number of hydrogen-bond acceptors (Lipinski definition) is 18. The van der Waals surface area contributed by atoms with Gasteiger partial charge in [0.05, 0.1) is 38.6 Å². The third kappa shape index (κ3) is 18.9. The van der Waals surface area contributed by atoms with Crippen LogP contribution >= 0.6 is 0 Å². The average molecular weight is 938 g/mol. The highest BCUT2D eigenvalue weighted by molar-refractivity contribution is 5.76. The van der Waals surface area contributed by atoms with Gasteiger partial charge in [0, 0.05) is 6.42 Å². The van der Waals surface area contributed by atoms with E-state index in [1.54, 1.807) is 0 Å². The number of amides is 1. The number of allylic oxidation sites excluding steroid dienone is 4. The summed E-state index contributed by atoms with van der Waals surface area (Å²) in [7, 11) is 0. The summed E-state index contributed by atoms with van der Waals surface area (Å²) < 4.78 is 33.9. The predicted molar refractivity (Wildman–Crippen MR) is 236 cm³/mol. The number of aliphatic hydroxyl groups is 11. The zero-order valence-electron chi connectivity index (χ0n) is 38.5. The second-order valence-corrected chi connectivity index (χ2v) is 17.6. The maximum Gasteiger partial charge on any atom is 0.220 e.